The predicted molar refractivity (Wildman–Crippen MR) is 81.8 cm³/mol. The number of amides is 2. The first-order valence-electron chi connectivity index (χ1n) is 7.62. The Morgan fingerprint density at radius 3 is 2.14 bits per heavy atom. The maximum Gasteiger partial charge on any atom is 0.253 e. The Kier molecular flexibility index (Phi) is 4.29. The van der Waals surface area contributed by atoms with Crippen molar-refractivity contribution in [3.8, 4) is 5.75 Å². The third-order valence-electron chi connectivity index (χ3n) is 4.35. The lowest BCUT2D eigenvalue weighted by molar-refractivity contribution is -0.138. The van der Waals surface area contributed by atoms with Gasteiger partial charge in [-0.1, -0.05) is 0 Å². The fourth-order valence-corrected chi connectivity index (χ4v) is 2.77. The molecule has 2 heterocycles. The molecule has 1 aromatic rings. The first-order chi connectivity index (χ1) is 10.7. The van der Waals surface area contributed by atoms with Gasteiger partial charge in [-0.25, -0.2) is 0 Å². The topological polar surface area (TPSA) is 61.9 Å². The smallest absolute Gasteiger partial charge is 0.253 e. The average molecular weight is 303 g/mol. The molecule has 22 heavy (non-hydrogen) atoms. The lowest BCUT2D eigenvalue weighted by Crippen LogP contribution is -2.57. The van der Waals surface area contributed by atoms with Crippen LogP contribution in [0.2, 0.25) is 0 Å². The lowest BCUT2D eigenvalue weighted by Gasteiger charge is -2.38. The monoisotopic (exact) mass is 303 g/mol. The Morgan fingerprint density at radius 2 is 1.64 bits per heavy atom. The molecule has 2 aliphatic heterocycles. The van der Waals surface area contributed by atoms with E-state index < -0.39 is 0 Å². The predicted octanol–water partition coefficient (Wildman–Crippen LogP) is 0.199. The van der Waals surface area contributed by atoms with Crippen LogP contribution in [-0.4, -0.2) is 68.0 Å². The summed E-state index contributed by atoms with van der Waals surface area (Å²) in [5.41, 5.74) is 0.656. The van der Waals surface area contributed by atoms with Crippen LogP contribution in [0.5, 0.6) is 5.75 Å². The second-order valence-corrected chi connectivity index (χ2v) is 5.70. The van der Waals surface area contributed by atoms with E-state index in [1.54, 1.807) is 31.4 Å². The molecule has 6 heteroatoms. The largest absolute Gasteiger partial charge is 0.497 e. The highest BCUT2D eigenvalue weighted by molar-refractivity contribution is 5.94. The standard InChI is InChI=1S/C16H21N3O3/c1-22-14-4-2-12(3-5-14)15(20)18-6-8-19(9-7-18)16(21)13-10-17-11-13/h2-5,13,17H,6-11H2,1H3. The van der Waals surface area contributed by atoms with Crippen molar-refractivity contribution in [2.45, 2.75) is 0 Å². The highest BCUT2D eigenvalue weighted by Gasteiger charge is 2.32. The van der Waals surface area contributed by atoms with E-state index >= 15 is 0 Å². The number of hydrogen-bond acceptors (Lipinski definition) is 4. The fourth-order valence-electron chi connectivity index (χ4n) is 2.77. The van der Waals surface area contributed by atoms with Crippen LogP contribution in [0.25, 0.3) is 0 Å². The van der Waals surface area contributed by atoms with Gasteiger partial charge in [-0.3, -0.25) is 9.59 Å². The van der Waals surface area contributed by atoms with Crippen molar-refractivity contribution in [3.05, 3.63) is 29.8 Å². The minimum absolute atomic E-state index is 0.0139. The molecular formula is C16H21N3O3. The zero-order valence-electron chi connectivity index (χ0n) is 12.7. The summed E-state index contributed by atoms with van der Waals surface area (Å²) >= 11 is 0. The molecule has 0 bridgehead atoms. The Morgan fingerprint density at radius 1 is 1.05 bits per heavy atom. The summed E-state index contributed by atoms with van der Waals surface area (Å²) in [5.74, 6) is 1.10. The molecule has 1 N–H and O–H groups in total. The van der Waals surface area contributed by atoms with Crippen LogP contribution in [0.3, 0.4) is 0 Å². The van der Waals surface area contributed by atoms with E-state index in [1.807, 2.05) is 9.80 Å². The first kappa shape index (κ1) is 14.8. The van der Waals surface area contributed by atoms with Crippen LogP contribution < -0.4 is 10.1 Å². The van der Waals surface area contributed by atoms with Gasteiger partial charge in [-0.2, -0.15) is 0 Å². The lowest BCUT2D eigenvalue weighted by atomic mass is 10.0. The van der Waals surface area contributed by atoms with E-state index in [9.17, 15) is 9.59 Å². The minimum Gasteiger partial charge on any atom is -0.497 e. The van der Waals surface area contributed by atoms with E-state index in [1.165, 1.54) is 0 Å². The number of nitrogens with one attached hydrogen (secondary N) is 1. The van der Waals surface area contributed by atoms with Crippen molar-refractivity contribution in [1.82, 2.24) is 15.1 Å². The molecule has 0 radical (unpaired) electrons. The average Bonchev–Trinajstić information content (AvgIpc) is 2.53. The summed E-state index contributed by atoms with van der Waals surface area (Å²) in [6.07, 6.45) is 0. The number of nitrogens with zero attached hydrogens (tertiary/aromatic N) is 2. The molecule has 2 saturated heterocycles. The quantitative estimate of drug-likeness (QED) is 0.866. The maximum absolute atomic E-state index is 12.4. The first-order valence-corrected chi connectivity index (χ1v) is 7.62. The van der Waals surface area contributed by atoms with E-state index in [0.29, 0.717) is 31.7 Å². The van der Waals surface area contributed by atoms with Crippen molar-refractivity contribution in [3.63, 3.8) is 0 Å². The molecule has 2 aliphatic rings. The van der Waals surface area contributed by atoms with Crippen LogP contribution in [0.4, 0.5) is 0 Å². The number of ether oxygens (including phenoxy) is 1. The van der Waals surface area contributed by atoms with Crippen LogP contribution in [0, 0.1) is 5.92 Å². The summed E-state index contributed by atoms with van der Waals surface area (Å²) in [6.45, 7) is 4.00. The Bertz CT molecular complexity index is 546. The molecule has 2 fully saturated rings. The van der Waals surface area contributed by atoms with Gasteiger partial charge in [-0.15, -0.1) is 0 Å². The van der Waals surface area contributed by atoms with Gasteiger partial charge in [0.05, 0.1) is 13.0 Å². The van der Waals surface area contributed by atoms with E-state index in [0.717, 1.165) is 18.8 Å². The highest BCUT2D eigenvalue weighted by Crippen LogP contribution is 2.15. The van der Waals surface area contributed by atoms with E-state index in [2.05, 4.69) is 5.32 Å². The molecule has 2 amide bonds. The third-order valence-corrected chi connectivity index (χ3v) is 4.35. The molecule has 0 aromatic heterocycles. The molecule has 0 atom stereocenters. The Balaban J connectivity index is 1.55. The second kappa shape index (κ2) is 6.36. The summed E-state index contributed by atoms with van der Waals surface area (Å²) in [7, 11) is 1.60. The van der Waals surface area contributed by atoms with Gasteiger partial charge in [0, 0.05) is 44.8 Å². The number of rotatable bonds is 3. The zero-order chi connectivity index (χ0) is 15.5. The number of hydrogen-bond donors (Lipinski definition) is 1. The van der Waals surface area contributed by atoms with Crippen molar-refractivity contribution < 1.29 is 14.3 Å². The molecule has 0 spiro atoms. The number of methoxy groups -OCH3 is 1. The Labute approximate surface area is 130 Å². The van der Waals surface area contributed by atoms with Crippen LogP contribution in [-0.2, 0) is 4.79 Å². The number of carbonyl (C=O) groups is 2. The van der Waals surface area contributed by atoms with Gasteiger partial charge in [0.2, 0.25) is 5.91 Å². The van der Waals surface area contributed by atoms with Crippen molar-refractivity contribution in [1.29, 1.82) is 0 Å². The molecule has 1 aromatic carbocycles. The van der Waals surface area contributed by atoms with Gasteiger partial charge in [0.25, 0.3) is 5.91 Å². The van der Waals surface area contributed by atoms with E-state index in [4.69, 9.17) is 4.74 Å². The van der Waals surface area contributed by atoms with Gasteiger partial charge >= 0.3 is 0 Å². The summed E-state index contributed by atoms with van der Waals surface area (Å²) in [4.78, 5) is 28.3. The van der Waals surface area contributed by atoms with Gasteiger partial charge in [0.15, 0.2) is 0 Å². The molecule has 0 unspecified atom stereocenters. The van der Waals surface area contributed by atoms with Crippen LogP contribution in [0.15, 0.2) is 24.3 Å². The zero-order valence-corrected chi connectivity index (χ0v) is 12.7. The number of piperazine rings is 1. The molecule has 3 rings (SSSR count). The summed E-state index contributed by atoms with van der Waals surface area (Å²) in [5, 5.41) is 3.12. The number of carbonyl (C=O) groups excluding carboxylic acids is 2. The molecule has 0 aliphatic carbocycles. The SMILES string of the molecule is COc1ccc(C(=O)N2CCN(C(=O)C3CNC3)CC2)cc1. The van der Waals surface area contributed by atoms with Gasteiger partial charge in [-0.05, 0) is 24.3 Å². The molecule has 0 saturated carbocycles. The van der Waals surface area contributed by atoms with Crippen molar-refractivity contribution >= 4 is 11.8 Å². The second-order valence-electron chi connectivity index (χ2n) is 5.70. The third kappa shape index (κ3) is 2.92. The van der Waals surface area contributed by atoms with Crippen LogP contribution >= 0.6 is 0 Å². The van der Waals surface area contributed by atoms with Gasteiger partial charge in [0.1, 0.15) is 5.75 Å². The molecule has 6 nitrogen and oxygen atoms in total. The minimum atomic E-state index is 0.0139. The normalized spacial score (nSPS) is 18.8. The maximum atomic E-state index is 12.4. The molecule has 118 valence electrons. The fraction of sp³-hybridized carbons (Fsp3) is 0.500. The Hall–Kier alpha value is -2.08. The summed E-state index contributed by atoms with van der Waals surface area (Å²) in [6, 6.07) is 7.13. The number of benzene rings is 1. The van der Waals surface area contributed by atoms with E-state index in [-0.39, 0.29) is 17.7 Å². The van der Waals surface area contributed by atoms with Crippen molar-refractivity contribution in [2.24, 2.45) is 5.92 Å². The summed E-state index contributed by atoms with van der Waals surface area (Å²) < 4.78 is 5.10. The van der Waals surface area contributed by atoms with Crippen LogP contribution in [0.1, 0.15) is 10.4 Å². The van der Waals surface area contributed by atoms with Gasteiger partial charge < -0.3 is 19.9 Å². The molecular weight excluding hydrogens is 282 g/mol. The highest BCUT2D eigenvalue weighted by atomic mass is 16.5. The van der Waals surface area contributed by atoms with Crippen molar-refractivity contribution in [2.75, 3.05) is 46.4 Å².